The van der Waals surface area contributed by atoms with E-state index in [9.17, 15) is 13.2 Å². The molecule has 14 heavy (non-hydrogen) atoms. The molecule has 7 nitrogen and oxygen atoms in total. The van der Waals surface area contributed by atoms with Crippen molar-refractivity contribution in [3.63, 3.8) is 0 Å². The summed E-state index contributed by atoms with van der Waals surface area (Å²) in [5.41, 5.74) is -0.0186. The summed E-state index contributed by atoms with van der Waals surface area (Å²) in [5.74, 6) is -1.32. The molecule has 1 aromatic rings. The van der Waals surface area contributed by atoms with Gasteiger partial charge in [-0.1, -0.05) is 0 Å². The summed E-state index contributed by atoms with van der Waals surface area (Å²) in [6.45, 7) is 0. The van der Waals surface area contributed by atoms with Gasteiger partial charge in [0.15, 0.2) is 0 Å². The maximum atomic E-state index is 10.8. The Morgan fingerprint density at radius 3 is 2.64 bits per heavy atom. The molecule has 0 radical (unpaired) electrons. The molecular formula is C6H8N2O5S. The van der Waals surface area contributed by atoms with Gasteiger partial charge in [-0.05, 0) is 0 Å². The van der Waals surface area contributed by atoms with Gasteiger partial charge in [-0.15, -0.1) is 0 Å². The molecule has 1 atom stereocenters. The topological polar surface area (TPSA) is 120 Å². The number of aromatic amines is 1. The number of nitrogens with one attached hydrogen (secondary N) is 1. The van der Waals surface area contributed by atoms with E-state index >= 15 is 0 Å². The van der Waals surface area contributed by atoms with Gasteiger partial charge in [-0.2, -0.15) is 8.42 Å². The van der Waals surface area contributed by atoms with Gasteiger partial charge < -0.3 is 10.1 Å². The highest BCUT2D eigenvalue weighted by atomic mass is 32.2. The van der Waals surface area contributed by atoms with Gasteiger partial charge in [0.05, 0.1) is 18.4 Å². The Morgan fingerprint density at radius 2 is 2.29 bits per heavy atom. The summed E-state index contributed by atoms with van der Waals surface area (Å²) in [6.07, 6.45) is 1.71. The third kappa shape index (κ3) is 2.54. The first-order valence-electron chi connectivity index (χ1n) is 3.58. The van der Waals surface area contributed by atoms with E-state index in [0.29, 0.717) is 0 Å². The molecule has 78 valence electrons. The van der Waals surface area contributed by atoms with Crippen LogP contribution in [0.3, 0.4) is 0 Å². The number of carbonyl (C=O) groups is 1. The number of nitrogens with zero attached hydrogens (tertiary/aromatic N) is 1. The van der Waals surface area contributed by atoms with Gasteiger partial charge in [0.25, 0.3) is 10.1 Å². The Hall–Kier alpha value is -1.41. The number of carboxylic acid groups (broad SMARTS) is 1. The Balaban J connectivity index is 3.01. The second-order valence-corrected chi connectivity index (χ2v) is 4.19. The van der Waals surface area contributed by atoms with Gasteiger partial charge >= 0.3 is 5.97 Å². The highest BCUT2D eigenvalue weighted by Crippen LogP contribution is 2.22. The predicted octanol–water partition coefficient (Wildman–Crippen LogP) is -0.187. The first kappa shape index (κ1) is 10.7. The SMILES string of the molecule is O=C(O)CC(c1c[nH]cn1)S(=O)(=O)O. The maximum Gasteiger partial charge on any atom is 0.305 e. The number of hydrogen-bond acceptors (Lipinski definition) is 4. The second-order valence-electron chi connectivity index (χ2n) is 2.60. The van der Waals surface area contributed by atoms with Crippen molar-refractivity contribution < 1.29 is 22.9 Å². The largest absolute Gasteiger partial charge is 0.481 e. The van der Waals surface area contributed by atoms with Crippen LogP contribution in [0.5, 0.6) is 0 Å². The zero-order valence-corrected chi connectivity index (χ0v) is 7.73. The lowest BCUT2D eigenvalue weighted by Gasteiger charge is -2.07. The minimum Gasteiger partial charge on any atom is -0.481 e. The molecular weight excluding hydrogens is 212 g/mol. The lowest BCUT2D eigenvalue weighted by molar-refractivity contribution is -0.137. The number of aliphatic carboxylic acids is 1. The first-order chi connectivity index (χ1) is 6.41. The number of rotatable bonds is 4. The molecule has 0 saturated carbocycles. The van der Waals surface area contributed by atoms with Crippen LogP contribution in [-0.4, -0.2) is 34.0 Å². The van der Waals surface area contributed by atoms with E-state index in [2.05, 4.69) is 9.97 Å². The third-order valence-electron chi connectivity index (χ3n) is 1.57. The minimum atomic E-state index is -4.45. The van der Waals surface area contributed by atoms with Crippen molar-refractivity contribution in [1.82, 2.24) is 9.97 Å². The summed E-state index contributed by atoms with van der Waals surface area (Å²) >= 11 is 0. The van der Waals surface area contributed by atoms with Crippen LogP contribution in [0.1, 0.15) is 17.4 Å². The van der Waals surface area contributed by atoms with Crippen molar-refractivity contribution in [1.29, 1.82) is 0 Å². The van der Waals surface area contributed by atoms with Gasteiger partial charge in [0, 0.05) is 6.20 Å². The van der Waals surface area contributed by atoms with E-state index in [-0.39, 0.29) is 5.69 Å². The van der Waals surface area contributed by atoms with Crippen LogP contribution in [0, 0.1) is 0 Å². The molecule has 0 aliphatic heterocycles. The molecule has 0 spiro atoms. The van der Waals surface area contributed by atoms with Crippen LogP contribution in [-0.2, 0) is 14.9 Å². The standard InChI is InChI=1S/C6H8N2O5S/c9-6(10)1-5(14(11,12)13)4-2-7-3-8-4/h2-3,5H,1H2,(H,7,8)(H,9,10)(H,11,12,13). The highest BCUT2D eigenvalue weighted by molar-refractivity contribution is 7.86. The number of imidazole rings is 1. The molecule has 8 heteroatoms. The number of hydrogen-bond donors (Lipinski definition) is 3. The zero-order chi connectivity index (χ0) is 10.8. The van der Waals surface area contributed by atoms with Crippen molar-refractivity contribution in [2.24, 2.45) is 0 Å². The summed E-state index contributed by atoms with van der Waals surface area (Å²) in [5, 5.41) is 6.91. The molecule has 0 bridgehead atoms. The molecule has 0 amide bonds. The van der Waals surface area contributed by atoms with Crippen molar-refractivity contribution in [2.75, 3.05) is 0 Å². The van der Waals surface area contributed by atoms with Crippen LogP contribution in [0.25, 0.3) is 0 Å². The maximum absolute atomic E-state index is 10.8. The number of H-pyrrole nitrogens is 1. The van der Waals surface area contributed by atoms with Gasteiger partial charge in [-0.25, -0.2) is 4.98 Å². The third-order valence-corrected chi connectivity index (χ3v) is 2.70. The summed E-state index contributed by atoms with van der Waals surface area (Å²) in [6, 6.07) is 0. The Morgan fingerprint density at radius 1 is 1.64 bits per heavy atom. The highest BCUT2D eigenvalue weighted by Gasteiger charge is 2.29. The fraction of sp³-hybridized carbons (Fsp3) is 0.333. The average Bonchev–Trinajstić information content (AvgIpc) is 2.49. The molecule has 0 aromatic carbocycles. The summed E-state index contributed by atoms with van der Waals surface area (Å²) in [4.78, 5) is 16.4. The van der Waals surface area contributed by atoms with Crippen molar-refractivity contribution >= 4 is 16.1 Å². The Bertz CT molecular complexity index is 409. The van der Waals surface area contributed by atoms with E-state index in [0.717, 1.165) is 0 Å². The number of aromatic nitrogens is 2. The molecule has 1 aromatic heterocycles. The molecule has 0 fully saturated rings. The van der Waals surface area contributed by atoms with Crippen LogP contribution in [0.2, 0.25) is 0 Å². The van der Waals surface area contributed by atoms with Crippen molar-refractivity contribution in [2.45, 2.75) is 11.7 Å². The van der Waals surface area contributed by atoms with Gasteiger partial charge in [-0.3, -0.25) is 9.35 Å². The van der Waals surface area contributed by atoms with E-state index in [1.165, 1.54) is 12.5 Å². The van der Waals surface area contributed by atoms with E-state index in [1.807, 2.05) is 0 Å². The normalized spacial score (nSPS) is 13.8. The van der Waals surface area contributed by atoms with Crippen LogP contribution in [0.4, 0.5) is 0 Å². The quantitative estimate of drug-likeness (QED) is 0.605. The van der Waals surface area contributed by atoms with E-state index in [1.54, 1.807) is 0 Å². The zero-order valence-electron chi connectivity index (χ0n) is 6.91. The van der Waals surface area contributed by atoms with Crippen LogP contribution >= 0.6 is 0 Å². The first-order valence-corrected chi connectivity index (χ1v) is 5.08. The van der Waals surface area contributed by atoms with Gasteiger partial charge in [0.2, 0.25) is 0 Å². The fourth-order valence-corrected chi connectivity index (χ4v) is 1.76. The van der Waals surface area contributed by atoms with E-state index < -0.39 is 27.8 Å². The summed E-state index contributed by atoms with van der Waals surface area (Å²) in [7, 11) is -4.45. The number of carboxylic acids is 1. The monoisotopic (exact) mass is 220 g/mol. The Labute approximate surface area is 79.5 Å². The molecule has 0 aliphatic carbocycles. The van der Waals surface area contributed by atoms with Crippen LogP contribution in [0.15, 0.2) is 12.5 Å². The Kier molecular flexibility index (Phi) is 2.87. The molecule has 1 unspecified atom stereocenters. The average molecular weight is 220 g/mol. The van der Waals surface area contributed by atoms with Gasteiger partial charge in [0.1, 0.15) is 5.25 Å². The predicted molar refractivity (Wildman–Crippen MR) is 45.1 cm³/mol. The van der Waals surface area contributed by atoms with Crippen molar-refractivity contribution in [3.8, 4) is 0 Å². The summed E-state index contributed by atoms with van der Waals surface area (Å²) < 4.78 is 30.4. The molecule has 1 heterocycles. The lowest BCUT2D eigenvalue weighted by atomic mass is 10.2. The minimum absolute atomic E-state index is 0.0186. The lowest BCUT2D eigenvalue weighted by Crippen LogP contribution is -2.16. The van der Waals surface area contributed by atoms with Crippen LogP contribution < -0.4 is 0 Å². The fourth-order valence-electron chi connectivity index (χ4n) is 0.969. The van der Waals surface area contributed by atoms with E-state index in [4.69, 9.17) is 9.66 Å². The second kappa shape index (κ2) is 3.76. The molecule has 3 N–H and O–H groups in total. The van der Waals surface area contributed by atoms with Crippen molar-refractivity contribution in [3.05, 3.63) is 18.2 Å². The molecule has 0 saturated heterocycles. The smallest absolute Gasteiger partial charge is 0.305 e. The molecule has 0 aliphatic rings. The molecule has 1 rings (SSSR count).